The van der Waals surface area contributed by atoms with Crippen LogP contribution in [0.5, 0.6) is 11.5 Å². The highest BCUT2D eigenvalue weighted by Gasteiger charge is 2.13. The van der Waals surface area contributed by atoms with Crippen molar-refractivity contribution in [1.29, 1.82) is 0 Å². The summed E-state index contributed by atoms with van der Waals surface area (Å²) in [6, 6.07) is 13.4. The number of amides is 1. The van der Waals surface area contributed by atoms with Gasteiger partial charge in [-0.15, -0.1) is 0 Å². The maximum Gasteiger partial charge on any atom is 0.419 e. The highest BCUT2D eigenvalue weighted by Crippen LogP contribution is 2.34. The van der Waals surface area contributed by atoms with E-state index in [9.17, 15) is 13.2 Å². The van der Waals surface area contributed by atoms with E-state index in [1.165, 1.54) is 11.0 Å². The van der Waals surface area contributed by atoms with Crippen LogP contribution in [0.2, 0.25) is 0 Å². The van der Waals surface area contributed by atoms with Gasteiger partial charge in [-0.25, -0.2) is 19.5 Å². The monoisotopic (exact) mass is 475 g/mol. The number of aromatic nitrogens is 2. The number of ether oxygens (including phenoxy) is 2. The van der Waals surface area contributed by atoms with Crippen molar-refractivity contribution < 1.29 is 27.8 Å². The average Bonchev–Trinajstić information content (AvgIpc) is 2.79. The third-order valence-corrected chi connectivity index (χ3v) is 5.60. The number of anilines is 1. The number of rotatable bonds is 12. The Morgan fingerprint density at radius 1 is 1.06 bits per heavy atom. The lowest BCUT2D eigenvalue weighted by molar-refractivity contribution is 0.201. The molecule has 0 saturated heterocycles. The van der Waals surface area contributed by atoms with Crippen LogP contribution in [-0.2, 0) is 16.8 Å². The fourth-order valence-corrected chi connectivity index (χ4v) is 3.74. The number of nitrogens with one attached hydrogen (secondary N) is 3. The fraction of sp³-hybridized carbons (Fsp3) is 0.286. The quantitative estimate of drug-likeness (QED) is 0.290. The predicted octanol–water partition coefficient (Wildman–Crippen LogP) is 2.51. The summed E-state index contributed by atoms with van der Waals surface area (Å²) in [5.74, 6) is 1.73. The zero-order valence-electron chi connectivity index (χ0n) is 17.9. The zero-order valence-corrected chi connectivity index (χ0v) is 18.8. The number of benzene rings is 2. The lowest BCUT2D eigenvalue weighted by Gasteiger charge is -2.14. The molecule has 12 heteroatoms. The first-order chi connectivity index (χ1) is 15.9. The third-order valence-electron chi connectivity index (χ3n) is 4.57. The molecule has 1 heterocycles. The molecular formula is C21H25N5O6S. The molecule has 0 aliphatic carbocycles. The van der Waals surface area contributed by atoms with Crippen molar-refractivity contribution in [2.24, 2.45) is 0 Å². The van der Waals surface area contributed by atoms with Gasteiger partial charge in [-0.2, -0.15) is 13.1 Å². The van der Waals surface area contributed by atoms with Crippen LogP contribution in [0.25, 0.3) is 10.9 Å². The van der Waals surface area contributed by atoms with Crippen molar-refractivity contribution in [2.45, 2.75) is 19.4 Å². The summed E-state index contributed by atoms with van der Waals surface area (Å²) in [6.07, 6.45) is 0.932. The molecule has 0 atom stereocenters. The number of carboxylic acid groups (broad SMARTS) is 1. The normalized spacial score (nSPS) is 11.2. The van der Waals surface area contributed by atoms with Crippen LogP contribution >= 0.6 is 0 Å². The number of carbonyl (C=O) groups is 1. The van der Waals surface area contributed by atoms with Crippen molar-refractivity contribution in [3.8, 4) is 11.5 Å². The van der Waals surface area contributed by atoms with Gasteiger partial charge in [0.25, 0.3) is 0 Å². The molecular weight excluding hydrogens is 450 g/mol. The summed E-state index contributed by atoms with van der Waals surface area (Å²) in [4.78, 5) is 19.0. The number of hydrogen-bond acceptors (Lipinski definition) is 8. The minimum Gasteiger partial charge on any atom is -0.493 e. The fourth-order valence-electron chi connectivity index (χ4n) is 3.03. The highest BCUT2D eigenvalue weighted by molar-refractivity contribution is 7.88. The van der Waals surface area contributed by atoms with Gasteiger partial charge in [0.1, 0.15) is 18.8 Å². The highest BCUT2D eigenvalue weighted by atomic mass is 32.2. The molecule has 0 fully saturated rings. The Balaban J connectivity index is 1.59. The van der Waals surface area contributed by atoms with Gasteiger partial charge in [-0.3, -0.25) is 0 Å². The van der Waals surface area contributed by atoms with E-state index < -0.39 is 16.3 Å². The van der Waals surface area contributed by atoms with Crippen molar-refractivity contribution in [3.05, 3.63) is 54.4 Å². The molecule has 4 N–H and O–H groups in total. The average molecular weight is 476 g/mol. The maximum absolute atomic E-state index is 11.4. The smallest absolute Gasteiger partial charge is 0.419 e. The second-order valence-corrected chi connectivity index (χ2v) is 8.46. The topological polar surface area (TPSA) is 152 Å². The first-order valence-electron chi connectivity index (χ1n) is 10.1. The summed E-state index contributed by atoms with van der Waals surface area (Å²) in [6.45, 7) is 1.02. The molecule has 0 bridgehead atoms. The third kappa shape index (κ3) is 7.19. The molecule has 3 aromatic rings. The lowest BCUT2D eigenvalue weighted by Crippen LogP contribution is -2.39. The molecule has 0 unspecified atom stereocenters. The molecule has 3 rings (SSSR count). The molecule has 33 heavy (non-hydrogen) atoms. The Labute approximate surface area is 191 Å². The minimum absolute atomic E-state index is 0.102. The van der Waals surface area contributed by atoms with Gasteiger partial charge in [0, 0.05) is 24.5 Å². The van der Waals surface area contributed by atoms with Gasteiger partial charge >= 0.3 is 16.3 Å². The Bertz CT molecular complexity index is 1190. The van der Waals surface area contributed by atoms with E-state index in [4.69, 9.17) is 14.6 Å². The SMILES string of the molecule is COc1cc2c(NCCCCNS(=O)(=O)NC(=O)O)ncnc2cc1OCc1ccccc1. The maximum atomic E-state index is 11.4. The molecule has 0 spiro atoms. The molecule has 1 aromatic heterocycles. The second kappa shape index (κ2) is 11.3. The van der Waals surface area contributed by atoms with Gasteiger partial charge in [0.2, 0.25) is 0 Å². The number of nitrogens with zero attached hydrogens (tertiary/aromatic N) is 2. The zero-order chi connectivity index (χ0) is 23.7. The Morgan fingerprint density at radius 3 is 2.55 bits per heavy atom. The Morgan fingerprint density at radius 2 is 1.82 bits per heavy atom. The first-order valence-corrected chi connectivity index (χ1v) is 11.6. The van der Waals surface area contributed by atoms with Crippen molar-refractivity contribution in [3.63, 3.8) is 0 Å². The first kappa shape index (κ1) is 24.0. The molecule has 176 valence electrons. The standard InChI is InChI=1S/C21H25N5O6S/c1-31-18-11-16-17(12-19(18)32-13-15-7-3-2-4-8-15)23-14-24-20(16)22-9-5-6-10-25-33(29,30)26-21(27)28/h2-4,7-8,11-12,14,25-26H,5-6,9-10,13H2,1H3,(H,27,28)(H,22,23,24). The van der Waals surface area contributed by atoms with Crippen molar-refractivity contribution in [1.82, 2.24) is 19.4 Å². The summed E-state index contributed by atoms with van der Waals surface area (Å²) >= 11 is 0. The van der Waals surface area contributed by atoms with Crippen LogP contribution in [0.15, 0.2) is 48.8 Å². The van der Waals surface area contributed by atoms with E-state index in [0.29, 0.717) is 48.8 Å². The van der Waals surface area contributed by atoms with Gasteiger partial charge in [-0.05, 0) is 24.5 Å². The molecule has 0 aliphatic heterocycles. The van der Waals surface area contributed by atoms with Gasteiger partial charge in [0.05, 0.1) is 12.6 Å². The summed E-state index contributed by atoms with van der Waals surface area (Å²) in [7, 11) is -2.49. The summed E-state index contributed by atoms with van der Waals surface area (Å²) in [5, 5.41) is 12.4. The number of unbranched alkanes of at least 4 members (excludes halogenated alkanes) is 1. The lowest BCUT2D eigenvalue weighted by atomic mass is 10.2. The van der Waals surface area contributed by atoms with Crippen molar-refractivity contribution >= 4 is 33.0 Å². The van der Waals surface area contributed by atoms with Crippen LogP contribution in [0.3, 0.4) is 0 Å². The van der Waals surface area contributed by atoms with Crippen LogP contribution in [0.1, 0.15) is 18.4 Å². The van der Waals surface area contributed by atoms with E-state index in [1.807, 2.05) is 36.4 Å². The Kier molecular flexibility index (Phi) is 8.22. The van der Waals surface area contributed by atoms with Crippen LogP contribution < -0.4 is 24.2 Å². The predicted molar refractivity (Wildman–Crippen MR) is 123 cm³/mol. The van der Waals surface area contributed by atoms with E-state index in [1.54, 1.807) is 13.2 Å². The van der Waals surface area contributed by atoms with Gasteiger partial charge in [-0.1, -0.05) is 30.3 Å². The van der Waals surface area contributed by atoms with E-state index >= 15 is 0 Å². The molecule has 1 amide bonds. The molecule has 0 radical (unpaired) electrons. The largest absolute Gasteiger partial charge is 0.493 e. The summed E-state index contributed by atoms with van der Waals surface area (Å²) in [5.41, 5.74) is 1.72. The van der Waals surface area contributed by atoms with Crippen LogP contribution in [-0.4, -0.2) is 49.8 Å². The van der Waals surface area contributed by atoms with Gasteiger partial charge < -0.3 is 19.9 Å². The molecule has 0 saturated carbocycles. The molecule has 11 nitrogen and oxygen atoms in total. The minimum atomic E-state index is -4.05. The summed E-state index contributed by atoms with van der Waals surface area (Å²) < 4.78 is 37.8. The Hall–Kier alpha value is -3.64. The van der Waals surface area contributed by atoms with Gasteiger partial charge in [0.15, 0.2) is 11.5 Å². The van der Waals surface area contributed by atoms with Crippen LogP contribution in [0.4, 0.5) is 10.6 Å². The number of fused-ring (bicyclic) bond motifs is 1. The number of hydrogen-bond donors (Lipinski definition) is 4. The van der Waals surface area contributed by atoms with Crippen LogP contribution in [0, 0.1) is 0 Å². The number of methoxy groups -OCH3 is 1. The van der Waals surface area contributed by atoms with Crippen molar-refractivity contribution in [2.75, 3.05) is 25.5 Å². The van der Waals surface area contributed by atoms with E-state index in [-0.39, 0.29) is 6.54 Å². The molecule has 2 aromatic carbocycles. The second-order valence-electron chi connectivity index (χ2n) is 6.96. The van der Waals surface area contributed by atoms with E-state index in [2.05, 4.69) is 20.0 Å². The molecule has 0 aliphatic rings. The van der Waals surface area contributed by atoms with E-state index in [0.717, 1.165) is 10.9 Å².